The van der Waals surface area contributed by atoms with Gasteiger partial charge in [0.2, 0.25) is 0 Å². The Kier molecular flexibility index (Phi) is 28.1. The summed E-state index contributed by atoms with van der Waals surface area (Å²) in [5.41, 5.74) is 5.63. The molecule has 0 amide bonds. The molecular formula is C36H63ClN4S2. The summed E-state index contributed by atoms with van der Waals surface area (Å²) in [4.78, 5) is 0. The number of nitrogens with one attached hydrogen (secondary N) is 4. The summed E-state index contributed by atoms with van der Waals surface area (Å²) in [6, 6.07) is 17.3. The average molecular weight is 652 g/mol. The number of unbranched alkanes of at least 4 members (excludes halogenated alkanes) is 10. The molecule has 2 aromatic carbocycles. The van der Waals surface area contributed by atoms with Crippen molar-refractivity contribution in [1.82, 2.24) is 21.3 Å². The molecule has 0 aliphatic heterocycles. The highest BCUT2D eigenvalue weighted by Crippen LogP contribution is 2.19. The van der Waals surface area contributed by atoms with Gasteiger partial charge in [0.15, 0.2) is 0 Å². The summed E-state index contributed by atoms with van der Waals surface area (Å²) in [5.74, 6) is 2.42. The second-order valence-corrected chi connectivity index (χ2v) is 14.3. The molecule has 0 atom stereocenters. The Morgan fingerprint density at radius 1 is 0.419 bits per heavy atom. The van der Waals surface area contributed by atoms with Crippen molar-refractivity contribution >= 4 is 34.0 Å². The van der Waals surface area contributed by atoms with Crippen LogP contribution in [0.1, 0.15) is 99.3 Å². The quantitative estimate of drug-likeness (QED) is 0.0521. The molecule has 4 N–H and O–H groups in total. The number of aryl methyl sites for hydroxylation is 2. The molecule has 4 nitrogen and oxygen atoms in total. The van der Waals surface area contributed by atoms with E-state index in [2.05, 4.69) is 83.6 Å². The summed E-state index contributed by atoms with van der Waals surface area (Å²) < 4.78 is 0. The smallest absolute Gasteiger partial charge is 0.0208 e. The third-order valence-electron chi connectivity index (χ3n) is 7.88. The summed E-state index contributed by atoms with van der Waals surface area (Å²) in [6.45, 7) is 13.3. The number of halogens is 1. The molecule has 0 radical (unpaired) electrons. The number of hydrogen-bond donors (Lipinski definition) is 4. The lowest BCUT2D eigenvalue weighted by Gasteiger charge is -2.08. The first-order valence-corrected chi connectivity index (χ1v) is 19.4. The second kappa shape index (κ2) is 30.0. The molecule has 246 valence electrons. The van der Waals surface area contributed by atoms with Crippen LogP contribution in [0.3, 0.4) is 0 Å². The highest BCUT2D eigenvalue weighted by Gasteiger charge is 1.99. The van der Waals surface area contributed by atoms with Crippen molar-refractivity contribution in [3.05, 3.63) is 70.8 Å². The van der Waals surface area contributed by atoms with Crippen LogP contribution in [0, 0.1) is 13.8 Å². The normalized spacial score (nSPS) is 11.1. The van der Waals surface area contributed by atoms with Gasteiger partial charge in [0, 0.05) is 37.7 Å². The predicted octanol–water partition coefficient (Wildman–Crippen LogP) is 8.85. The van der Waals surface area contributed by atoms with Gasteiger partial charge < -0.3 is 21.3 Å². The molecule has 0 aromatic heterocycles. The first-order chi connectivity index (χ1) is 20.8. The zero-order chi connectivity index (χ0) is 29.8. The van der Waals surface area contributed by atoms with Crippen molar-refractivity contribution in [2.24, 2.45) is 0 Å². The average Bonchev–Trinajstić information content (AvgIpc) is 3.00. The summed E-state index contributed by atoms with van der Waals surface area (Å²) in [5, 5.41) is 14.4. The Labute approximate surface area is 279 Å². The van der Waals surface area contributed by atoms with E-state index < -0.39 is 0 Å². The molecule has 43 heavy (non-hydrogen) atoms. The van der Waals surface area contributed by atoms with E-state index in [0.29, 0.717) is 0 Å². The van der Waals surface area contributed by atoms with E-state index in [1.54, 1.807) is 0 Å². The zero-order valence-electron chi connectivity index (χ0n) is 27.4. The topological polar surface area (TPSA) is 48.1 Å². The first-order valence-electron chi connectivity index (χ1n) is 16.9. The van der Waals surface area contributed by atoms with E-state index in [9.17, 15) is 0 Å². The lowest BCUT2D eigenvalue weighted by Crippen LogP contribution is -2.19. The minimum atomic E-state index is 0. The number of benzene rings is 2. The summed E-state index contributed by atoms with van der Waals surface area (Å²) >= 11 is 0. The first kappa shape index (κ1) is 40.3. The molecule has 0 spiro atoms. The molecule has 0 aliphatic carbocycles. The van der Waals surface area contributed by atoms with Gasteiger partial charge in [-0.05, 0) is 88.0 Å². The van der Waals surface area contributed by atoms with E-state index in [1.165, 1.54) is 124 Å². The van der Waals surface area contributed by atoms with Crippen LogP contribution in [0.4, 0.5) is 0 Å². The predicted molar refractivity (Wildman–Crippen MR) is 199 cm³/mol. The third kappa shape index (κ3) is 23.3. The molecule has 0 saturated heterocycles. The van der Waals surface area contributed by atoms with Crippen molar-refractivity contribution in [3.8, 4) is 0 Å². The molecule has 0 heterocycles. The Balaban J connectivity index is 0.00000924. The molecule has 2 rings (SSSR count). The van der Waals surface area contributed by atoms with Gasteiger partial charge in [-0.3, -0.25) is 0 Å². The highest BCUT2D eigenvalue weighted by molar-refractivity contribution is 8.76. The van der Waals surface area contributed by atoms with Crippen LogP contribution in [0.25, 0.3) is 0 Å². The van der Waals surface area contributed by atoms with E-state index in [0.717, 1.165) is 39.3 Å². The molecule has 0 aliphatic rings. The minimum absolute atomic E-state index is 0. The largest absolute Gasteiger partial charge is 0.316 e. The van der Waals surface area contributed by atoms with Crippen molar-refractivity contribution in [3.63, 3.8) is 0 Å². The van der Waals surface area contributed by atoms with E-state index in [4.69, 9.17) is 0 Å². The lowest BCUT2D eigenvalue weighted by atomic mass is 10.1. The molecule has 2 aromatic rings. The van der Waals surface area contributed by atoms with Crippen LogP contribution < -0.4 is 21.3 Å². The van der Waals surface area contributed by atoms with Crippen molar-refractivity contribution in [2.75, 3.05) is 50.8 Å². The fourth-order valence-electron chi connectivity index (χ4n) is 5.07. The van der Waals surface area contributed by atoms with Gasteiger partial charge in [0.1, 0.15) is 0 Å². The van der Waals surface area contributed by atoms with Gasteiger partial charge in [0.25, 0.3) is 0 Å². The van der Waals surface area contributed by atoms with Crippen LogP contribution >= 0.6 is 34.0 Å². The van der Waals surface area contributed by atoms with E-state index >= 15 is 0 Å². The van der Waals surface area contributed by atoms with E-state index in [1.807, 2.05) is 21.6 Å². The maximum Gasteiger partial charge on any atom is 0.0208 e. The van der Waals surface area contributed by atoms with E-state index in [-0.39, 0.29) is 12.4 Å². The van der Waals surface area contributed by atoms with Gasteiger partial charge in [-0.2, -0.15) is 0 Å². The SMILES string of the molecule is Cc1ccccc1CNCCCCCCCCNCCSSCCNCCCCCCCCNCc1ccccc1C.Cl. The van der Waals surface area contributed by atoms with Gasteiger partial charge >= 0.3 is 0 Å². The Bertz CT molecular complexity index is 814. The number of rotatable bonds is 29. The second-order valence-electron chi connectivity index (χ2n) is 11.6. The Hall–Kier alpha value is -0.730. The maximum atomic E-state index is 3.62. The minimum Gasteiger partial charge on any atom is -0.316 e. The van der Waals surface area contributed by atoms with Crippen molar-refractivity contribution < 1.29 is 0 Å². The van der Waals surface area contributed by atoms with Crippen LogP contribution in [-0.4, -0.2) is 50.8 Å². The van der Waals surface area contributed by atoms with Crippen LogP contribution in [0.5, 0.6) is 0 Å². The summed E-state index contributed by atoms with van der Waals surface area (Å²) in [7, 11) is 4.04. The van der Waals surface area contributed by atoms with Crippen LogP contribution in [-0.2, 0) is 13.1 Å². The van der Waals surface area contributed by atoms with Gasteiger partial charge in [-0.1, -0.05) is 121 Å². The van der Waals surface area contributed by atoms with Gasteiger partial charge in [-0.25, -0.2) is 0 Å². The van der Waals surface area contributed by atoms with Gasteiger partial charge in [0.05, 0.1) is 0 Å². The molecule has 0 fully saturated rings. The zero-order valence-corrected chi connectivity index (χ0v) is 29.8. The maximum absolute atomic E-state index is 3.62. The highest BCUT2D eigenvalue weighted by atomic mass is 35.5. The van der Waals surface area contributed by atoms with Gasteiger partial charge in [-0.15, -0.1) is 12.4 Å². The fourth-order valence-corrected chi connectivity index (χ4v) is 6.97. The monoisotopic (exact) mass is 650 g/mol. The van der Waals surface area contributed by atoms with Crippen LogP contribution in [0.15, 0.2) is 48.5 Å². The fraction of sp³-hybridized carbons (Fsp3) is 0.667. The molecule has 0 saturated carbocycles. The Morgan fingerprint density at radius 2 is 0.744 bits per heavy atom. The number of hydrogen-bond acceptors (Lipinski definition) is 6. The van der Waals surface area contributed by atoms with Crippen molar-refractivity contribution in [1.29, 1.82) is 0 Å². The molecular weight excluding hydrogens is 588 g/mol. The van der Waals surface area contributed by atoms with Crippen molar-refractivity contribution in [2.45, 2.75) is 104 Å². The summed E-state index contributed by atoms with van der Waals surface area (Å²) in [6.07, 6.45) is 16.2. The lowest BCUT2D eigenvalue weighted by molar-refractivity contribution is 0.553. The Morgan fingerprint density at radius 3 is 1.12 bits per heavy atom. The molecule has 0 bridgehead atoms. The third-order valence-corrected chi connectivity index (χ3v) is 10.3. The molecule has 0 unspecified atom stereocenters. The standard InChI is InChI=1S/C36H62N4S2.ClH/c1-33-19-11-13-21-35(33)31-39-25-17-9-5-3-7-15-23-37-27-29-41-42-30-28-38-24-16-8-4-6-10-18-26-40-32-36-22-14-12-20-34(36)2;/h11-14,19-22,37-40H,3-10,15-18,23-32H2,1-2H3;1H. The molecule has 7 heteroatoms. The van der Waals surface area contributed by atoms with Crippen LogP contribution in [0.2, 0.25) is 0 Å².